The lowest BCUT2D eigenvalue weighted by Crippen LogP contribution is -2.46. The molecule has 0 aliphatic heterocycles. The van der Waals surface area contributed by atoms with Crippen LogP contribution in [0.5, 0.6) is 5.75 Å². The van der Waals surface area contributed by atoms with E-state index < -0.39 is 17.9 Å². The zero-order valence-corrected chi connectivity index (χ0v) is 17.0. The van der Waals surface area contributed by atoms with E-state index in [-0.39, 0.29) is 0 Å². The van der Waals surface area contributed by atoms with Crippen LogP contribution in [-0.2, 0) is 9.59 Å². The Morgan fingerprint density at radius 3 is 2.35 bits per heavy atom. The second-order valence-electron chi connectivity index (χ2n) is 7.15. The van der Waals surface area contributed by atoms with Gasteiger partial charge in [0.2, 0.25) is 0 Å². The van der Waals surface area contributed by atoms with Crippen molar-refractivity contribution in [2.24, 2.45) is 0 Å². The minimum absolute atomic E-state index is 0.431. The maximum Gasteiger partial charge on any atom is 0.279 e. The molecule has 0 aliphatic rings. The van der Waals surface area contributed by atoms with Crippen molar-refractivity contribution in [2.75, 3.05) is 0 Å². The molecule has 0 spiro atoms. The number of hydrazine groups is 1. The van der Waals surface area contributed by atoms with Gasteiger partial charge in [0.25, 0.3) is 11.8 Å². The maximum absolute atomic E-state index is 12.3. The molecule has 1 atom stereocenters. The molecule has 0 aromatic heterocycles. The van der Waals surface area contributed by atoms with Gasteiger partial charge in [0.05, 0.1) is 0 Å². The summed E-state index contributed by atoms with van der Waals surface area (Å²) >= 11 is 0. The van der Waals surface area contributed by atoms with E-state index in [0.717, 1.165) is 27.1 Å². The summed E-state index contributed by atoms with van der Waals surface area (Å²) in [7, 11) is 0. The zero-order chi connectivity index (χ0) is 21.6. The first-order valence-corrected chi connectivity index (χ1v) is 10.0. The molecule has 5 nitrogen and oxygen atoms in total. The molecule has 4 aromatic rings. The molecule has 0 saturated heterocycles. The fourth-order valence-electron chi connectivity index (χ4n) is 3.33. The third-order valence-corrected chi connectivity index (χ3v) is 4.95. The van der Waals surface area contributed by atoms with Crippen molar-refractivity contribution in [1.29, 1.82) is 0 Å². The molecule has 0 saturated carbocycles. The summed E-state index contributed by atoms with van der Waals surface area (Å²) in [5.74, 6) is -0.289. The molecule has 31 heavy (non-hydrogen) atoms. The highest BCUT2D eigenvalue weighted by molar-refractivity contribution is 5.97. The number of fused-ring (bicyclic) bond motifs is 2. The number of rotatable bonds is 5. The quantitative estimate of drug-likeness (QED) is 0.373. The highest BCUT2D eigenvalue weighted by Crippen LogP contribution is 2.21. The van der Waals surface area contributed by atoms with Crippen LogP contribution in [0.25, 0.3) is 27.6 Å². The van der Waals surface area contributed by atoms with Crippen molar-refractivity contribution < 1.29 is 14.3 Å². The fourth-order valence-corrected chi connectivity index (χ4v) is 3.33. The van der Waals surface area contributed by atoms with Crippen molar-refractivity contribution in [3.05, 3.63) is 96.6 Å². The normalized spacial score (nSPS) is 12.0. The van der Waals surface area contributed by atoms with Crippen LogP contribution in [0.2, 0.25) is 0 Å². The van der Waals surface area contributed by atoms with Crippen LogP contribution in [-0.4, -0.2) is 17.9 Å². The Balaban J connectivity index is 1.33. The molecule has 0 heterocycles. The molecule has 0 fully saturated rings. The summed E-state index contributed by atoms with van der Waals surface area (Å²) in [6.07, 6.45) is 2.33. The zero-order valence-electron chi connectivity index (χ0n) is 17.0. The maximum atomic E-state index is 12.3. The summed E-state index contributed by atoms with van der Waals surface area (Å²) in [6, 6.07) is 27.4. The molecular formula is C26H22N2O3. The van der Waals surface area contributed by atoms with Crippen LogP contribution in [0, 0.1) is 0 Å². The third-order valence-electron chi connectivity index (χ3n) is 4.95. The number of amides is 2. The monoisotopic (exact) mass is 410 g/mol. The minimum atomic E-state index is -0.775. The van der Waals surface area contributed by atoms with Crippen LogP contribution in [0.15, 0.2) is 91.0 Å². The summed E-state index contributed by atoms with van der Waals surface area (Å²) in [6.45, 7) is 1.63. The van der Waals surface area contributed by atoms with Crippen LogP contribution in [0.4, 0.5) is 0 Å². The average molecular weight is 410 g/mol. The van der Waals surface area contributed by atoms with E-state index in [1.165, 1.54) is 6.08 Å². The third kappa shape index (κ3) is 4.90. The Labute approximate surface area is 180 Å². The molecule has 0 radical (unpaired) electrons. The molecular weight excluding hydrogens is 388 g/mol. The molecule has 2 amide bonds. The van der Waals surface area contributed by atoms with Crippen molar-refractivity contribution in [2.45, 2.75) is 13.0 Å². The van der Waals surface area contributed by atoms with Crippen LogP contribution >= 0.6 is 0 Å². The van der Waals surface area contributed by atoms with E-state index in [4.69, 9.17) is 4.74 Å². The summed E-state index contributed by atoms with van der Waals surface area (Å²) in [5.41, 5.74) is 5.71. The molecule has 4 aromatic carbocycles. The van der Waals surface area contributed by atoms with Gasteiger partial charge in [-0.1, -0.05) is 72.8 Å². The molecule has 2 N–H and O–H groups in total. The van der Waals surface area contributed by atoms with E-state index in [9.17, 15) is 9.59 Å². The summed E-state index contributed by atoms with van der Waals surface area (Å²) in [4.78, 5) is 24.4. The molecule has 154 valence electrons. The van der Waals surface area contributed by atoms with Gasteiger partial charge in [0, 0.05) is 6.08 Å². The lowest BCUT2D eigenvalue weighted by Gasteiger charge is -2.15. The first kappa shape index (κ1) is 20.2. The van der Waals surface area contributed by atoms with E-state index in [0.29, 0.717) is 5.75 Å². The molecule has 0 unspecified atom stereocenters. The second-order valence-corrected chi connectivity index (χ2v) is 7.15. The van der Waals surface area contributed by atoms with E-state index in [1.54, 1.807) is 13.0 Å². The first-order chi connectivity index (χ1) is 15.1. The Kier molecular flexibility index (Phi) is 5.94. The van der Waals surface area contributed by atoms with Crippen LogP contribution in [0.1, 0.15) is 12.5 Å². The smallest absolute Gasteiger partial charge is 0.279 e. The second kappa shape index (κ2) is 9.13. The van der Waals surface area contributed by atoms with E-state index >= 15 is 0 Å². The van der Waals surface area contributed by atoms with Gasteiger partial charge < -0.3 is 4.74 Å². The van der Waals surface area contributed by atoms with Gasteiger partial charge in [-0.2, -0.15) is 0 Å². The van der Waals surface area contributed by atoms with Gasteiger partial charge in [-0.25, -0.2) is 0 Å². The van der Waals surface area contributed by atoms with Crippen molar-refractivity contribution in [1.82, 2.24) is 10.9 Å². The Morgan fingerprint density at radius 1 is 0.806 bits per heavy atom. The lowest BCUT2D eigenvalue weighted by atomic mass is 10.0. The van der Waals surface area contributed by atoms with E-state index in [2.05, 4.69) is 10.9 Å². The fraction of sp³-hybridized carbons (Fsp3) is 0.0769. The number of hydrogen-bond acceptors (Lipinski definition) is 3. The molecule has 0 bridgehead atoms. The summed E-state index contributed by atoms with van der Waals surface area (Å²) < 4.78 is 5.71. The predicted molar refractivity (Wildman–Crippen MR) is 123 cm³/mol. The number of carbonyl (C=O) groups excluding carboxylic acids is 2. The minimum Gasteiger partial charge on any atom is -0.481 e. The first-order valence-electron chi connectivity index (χ1n) is 10.0. The van der Waals surface area contributed by atoms with Crippen LogP contribution < -0.4 is 15.6 Å². The highest BCUT2D eigenvalue weighted by Gasteiger charge is 2.15. The number of ether oxygens (including phenoxy) is 1. The molecule has 4 rings (SSSR count). The number of nitrogens with one attached hydrogen (secondary N) is 2. The highest BCUT2D eigenvalue weighted by atomic mass is 16.5. The van der Waals surface area contributed by atoms with Gasteiger partial charge in [0.1, 0.15) is 5.75 Å². The Hall–Kier alpha value is -4.12. The van der Waals surface area contributed by atoms with Crippen molar-refractivity contribution in [3.8, 4) is 5.75 Å². The SMILES string of the molecule is C[C@@H](Oc1ccc2ccccc2c1)C(=O)NNC(=O)/C=C/c1cccc2ccccc12. The molecule has 0 aliphatic carbocycles. The van der Waals surface area contributed by atoms with Gasteiger partial charge in [-0.05, 0) is 52.2 Å². The van der Waals surface area contributed by atoms with Crippen molar-refractivity contribution >= 4 is 39.4 Å². The number of hydrogen-bond donors (Lipinski definition) is 2. The van der Waals surface area contributed by atoms with Gasteiger partial charge in [-0.3, -0.25) is 20.4 Å². The van der Waals surface area contributed by atoms with E-state index in [1.807, 2.05) is 84.9 Å². The Bertz CT molecular complexity index is 1270. The standard InChI is InChI=1S/C26H22N2O3/c1-18(31-23-15-13-19-7-2-3-9-22(19)17-23)26(30)28-27-25(29)16-14-21-11-6-10-20-8-4-5-12-24(20)21/h2-18H,1H3,(H,27,29)(H,28,30)/b16-14+/t18-/m1/s1. The average Bonchev–Trinajstić information content (AvgIpc) is 2.81. The largest absolute Gasteiger partial charge is 0.481 e. The lowest BCUT2D eigenvalue weighted by molar-refractivity contribution is -0.131. The van der Waals surface area contributed by atoms with Gasteiger partial charge >= 0.3 is 0 Å². The topological polar surface area (TPSA) is 67.4 Å². The van der Waals surface area contributed by atoms with Crippen LogP contribution in [0.3, 0.4) is 0 Å². The van der Waals surface area contributed by atoms with Crippen molar-refractivity contribution in [3.63, 3.8) is 0 Å². The van der Waals surface area contributed by atoms with Gasteiger partial charge in [0.15, 0.2) is 6.10 Å². The molecule has 5 heteroatoms. The number of carbonyl (C=O) groups is 2. The van der Waals surface area contributed by atoms with Gasteiger partial charge in [-0.15, -0.1) is 0 Å². The number of benzene rings is 4. The Morgan fingerprint density at radius 2 is 1.52 bits per heavy atom. The summed E-state index contributed by atoms with van der Waals surface area (Å²) in [5, 5.41) is 4.27. The predicted octanol–water partition coefficient (Wildman–Crippen LogP) is 4.62.